The molecule has 1 heterocycles. The van der Waals surface area contributed by atoms with Crippen LogP contribution in [0.3, 0.4) is 0 Å². The van der Waals surface area contributed by atoms with Crippen LogP contribution in [0.15, 0.2) is 23.5 Å². The highest BCUT2D eigenvalue weighted by Crippen LogP contribution is 2.55. The Hall–Kier alpha value is -2.95. The number of ketones is 2. The van der Waals surface area contributed by atoms with E-state index in [2.05, 4.69) is 0 Å². The molecule has 176 valence electrons. The van der Waals surface area contributed by atoms with Crippen molar-refractivity contribution in [1.82, 2.24) is 4.90 Å². The molecule has 0 spiro atoms. The van der Waals surface area contributed by atoms with Crippen molar-refractivity contribution in [2.45, 2.75) is 37.0 Å². The van der Waals surface area contributed by atoms with Gasteiger partial charge in [-0.3, -0.25) is 19.3 Å². The molecule has 2 aliphatic carbocycles. The zero-order chi connectivity index (χ0) is 24.6. The molecule has 1 aliphatic heterocycles. The topological polar surface area (TPSA) is 167 Å². The Morgan fingerprint density at radius 3 is 2.45 bits per heavy atom. The molecule has 1 saturated carbocycles. The monoisotopic (exact) mass is 478 g/mol. The number of hydrogen-bond acceptors (Lipinski definition) is 9. The number of benzene rings is 1. The molecule has 5 N–H and O–H groups in total. The lowest BCUT2D eigenvalue weighted by Gasteiger charge is -2.50. The molecule has 1 aromatic rings. The number of aliphatic hydroxyl groups is 2. The van der Waals surface area contributed by atoms with Gasteiger partial charge in [0.1, 0.15) is 28.2 Å². The number of cyclic esters (lactones) is 1. The largest absolute Gasteiger partial charge is 0.508 e. The van der Waals surface area contributed by atoms with E-state index in [0.717, 1.165) is 0 Å². The maximum Gasteiger partial charge on any atom is 0.343 e. The van der Waals surface area contributed by atoms with Crippen molar-refractivity contribution in [3.05, 3.63) is 39.6 Å². The number of aliphatic hydroxyl groups excluding tert-OH is 1. The quantitative estimate of drug-likeness (QED) is 0.358. The molecule has 0 unspecified atom stereocenters. The average Bonchev–Trinajstić information content (AvgIpc) is 2.99. The minimum absolute atomic E-state index is 0.0534. The fourth-order valence-corrected chi connectivity index (χ4v) is 5.89. The Balaban J connectivity index is 1.87. The number of carbonyl (C=O) groups excluding carboxylic acids is 4. The molecule has 1 amide bonds. The molecule has 4 rings (SSSR count). The summed E-state index contributed by atoms with van der Waals surface area (Å²) >= 11 is 6.35. The molecule has 10 nitrogen and oxygen atoms in total. The number of esters is 1. The van der Waals surface area contributed by atoms with Crippen LogP contribution < -0.4 is 5.73 Å². The number of carbonyl (C=O) groups is 4. The molecule has 3 aliphatic rings. The normalized spacial score (nSPS) is 33.8. The molecular weight excluding hydrogens is 456 g/mol. The molecule has 5 atom stereocenters. The van der Waals surface area contributed by atoms with Gasteiger partial charge in [-0.1, -0.05) is 11.6 Å². The standard InChI is InChI=1S/C22H23ClN2O8/c1-21(15-10(23)4-5-11(26)13(15)20(31)33-21)8-6-9-16(25(2)3)17(28)14(19(24)30)18(29)22(9,32)12(27)7-8/h4-5,8-9,16,26,29,32H,6-7H2,1-3H3,(H2,24,30)/t8-,9+,16+,21+,22+/m1/s1. The van der Waals surface area contributed by atoms with Gasteiger partial charge in [0.15, 0.2) is 17.2 Å². The number of ether oxygens (including phenoxy) is 1. The second-order valence-electron chi connectivity index (χ2n) is 9.11. The highest BCUT2D eigenvalue weighted by molar-refractivity contribution is 6.32. The molecule has 0 aromatic heterocycles. The summed E-state index contributed by atoms with van der Waals surface area (Å²) in [5.74, 6) is -7.08. The second kappa shape index (κ2) is 7.28. The first-order valence-electron chi connectivity index (χ1n) is 10.2. The van der Waals surface area contributed by atoms with Crippen LogP contribution in [0.4, 0.5) is 0 Å². The summed E-state index contributed by atoms with van der Waals surface area (Å²) in [4.78, 5) is 52.3. The van der Waals surface area contributed by atoms with Crippen molar-refractivity contribution in [2.24, 2.45) is 17.6 Å². The van der Waals surface area contributed by atoms with Crippen LogP contribution in [-0.4, -0.2) is 69.4 Å². The smallest absolute Gasteiger partial charge is 0.343 e. The number of nitrogens with two attached hydrogens (primary N) is 1. The van der Waals surface area contributed by atoms with Crippen LogP contribution in [0.25, 0.3) is 0 Å². The van der Waals surface area contributed by atoms with E-state index in [-0.39, 0.29) is 34.7 Å². The zero-order valence-electron chi connectivity index (χ0n) is 18.1. The van der Waals surface area contributed by atoms with Crippen LogP contribution in [0.2, 0.25) is 5.02 Å². The lowest BCUT2D eigenvalue weighted by Crippen LogP contribution is -2.65. The van der Waals surface area contributed by atoms with Gasteiger partial charge in [0, 0.05) is 28.8 Å². The van der Waals surface area contributed by atoms with E-state index in [1.807, 2.05) is 0 Å². The third-order valence-electron chi connectivity index (χ3n) is 7.15. The first-order chi connectivity index (χ1) is 15.3. The summed E-state index contributed by atoms with van der Waals surface area (Å²) in [5.41, 5.74) is 0.581. The second-order valence-corrected chi connectivity index (χ2v) is 9.51. The Morgan fingerprint density at radius 1 is 1.24 bits per heavy atom. The van der Waals surface area contributed by atoms with E-state index in [4.69, 9.17) is 22.1 Å². The first kappa shape index (κ1) is 23.2. The van der Waals surface area contributed by atoms with Crippen molar-refractivity contribution in [3.8, 4) is 5.75 Å². The first-order valence-corrected chi connectivity index (χ1v) is 10.6. The predicted molar refractivity (Wildman–Crippen MR) is 113 cm³/mol. The van der Waals surface area contributed by atoms with Gasteiger partial charge in [-0.2, -0.15) is 0 Å². The van der Waals surface area contributed by atoms with Crippen LogP contribution in [0.1, 0.15) is 35.7 Å². The number of nitrogens with zero attached hydrogens (tertiary/aromatic N) is 1. The van der Waals surface area contributed by atoms with E-state index in [1.165, 1.54) is 31.1 Å². The number of phenols is 1. The maximum absolute atomic E-state index is 13.3. The van der Waals surface area contributed by atoms with E-state index < -0.39 is 63.9 Å². The van der Waals surface area contributed by atoms with E-state index in [1.54, 1.807) is 6.92 Å². The molecular formula is C22H23ClN2O8. The number of hydrogen-bond donors (Lipinski definition) is 4. The van der Waals surface area contributed by atoms with E-state index >= 15 is 0 Å². The van der Waals surface area contributed by atoms with Gasteiger partial charge < -0.3 is 25.8 Å². The number of likely N-dealkylation sites (N-methyl/N-ethyl adjacent to an activating group) is 1. The summed E-state index contributed by atoms with van der Waals surface area (Å²) < 4.78 is 5.63. The fourth-order valence-electron chi connectivity index (χ4n) is 5.54. The summed E-state index contributed by atoms with van der Waals surface area (Å²) in [7, 11) is 3.05. The third-order valence-corrected chi connectivity index (χ3v) is 7.46. The van der Waals surface area contributed by atoms with Gasteiger partial charge >= 0.3 is 5.97 Å². The molecule has 11 heteroatoms. The van der Waals surface area contributed by atoms with Gasteiger partial charge in [0.05, 0.1) is 6.04 Å². The number of rotatable bonds is 3. The molecule has 33 heavy (non-hydrogen) atoms. The average molecular weight is 479 g/mol. The Bertz CT molecular complexity index is 1160. The highest BCUT2D eigenvalue weighted by Gasteiger charge is 2.64. The number of amides is 1. The van der Waals surface area contributed by atoms with E-state index in [9.17, 15) is 34.5 Å². The van der Waals surface area contributed by atoms with Crippen molar-refractivity contribution in [3.63, 3.8) is 0 Å². The minimum atomic E-state index is -2.52. The van der Waals surface area contributed by atoms with Gasteiger partial charge in [-0.15, -0.1) is 0 Å². The van der Waals surface area contributed by atoms with Gasteiger partial charge in [0.25, 0.3) is 5.91 Å². The van der Waals surface area contributed by atoms with Gasteiger partial charge in [-0.05, 0) is 39.6 Å². The summed E-state index contributed by atoms with van der Waals surface area (Å²) in [6.45, 7) is 1.55. The molecule has 1 aromatic carbocycles. The lowest BCUT2D eigenvalue weighted by atomic mass is 9.58. The minimum Gasteiger partial charge on any atom is -0.508 e. The summed E-state index contributed by atoms with van der Waals surface area (Å²) in [5, 5.41) is 32.4. The number of Topliss-reactive ketones (excluding diaryl/α,β-unsaturated/α-hetero) is 2. The van der Waals surface area contributed by atoms with Crippen LogP contribution >= 0.6 is 11.6 Å². The Kier molecular flexibility index (Phi) is 5.12. The lowest BCUT2D eigenvalue weighted by molar-refractivity contribution is -0.166. The summed E-state index contributed by atoms with van der Waals surface area (Å²) in [6, 6.07) is 1.49. The van der Waals surface area contributed by atoms with Crippen LogP contribution in [0, 0.1) is 11.8 Å². The number of fused-ring (bicyclic) bond motifs is 2. The number of phenolic OH excluding ortho intramolecular Hbond substituents is 1. The molecule has 0 radical (unpaired) electrons. The fraction of sp³-hybridized carbons (Fsp3) is 0.455. The van der Waals surface area contributed by atoms with Crippen molar-refractivity contribution < 1.29 is 39.2 Å². The third kappa shape index (κ3) is 2.94. The SMILES string of the molecule is CN(C)[C@@H]1C(=O)C(C(N)=O)=C(O)[C@@]2(O)C(=O)C[C@H]([C@]3(C)OC(=O)c4c(O)ccc(Cl)c43)C[C@@H]12. The van der Waals surface area contributed by atoms with E-state index in [0.29, 0.717) is 0 Å². The van der Waals surface area contributed by atoms with Crippen molar-refractivity contribution >= 4 is 35.0 Å². The molecule has 1 fully saturated rings. The zero-order valence-corrected chi connectivity index (χ0v) is 18.8. The Morgan fingerprint density at radius 2 is 1.88 bits per heavy atom. The molecule has 0 saturated heterocycles. The summed E-state index contributed by atoms with van der Waals surface area (Å²) in [6.07, 6.45) is -0.422. The van der Waals surface area contributed by atoms with Crippen molar-refractivity contribution in [1.29, 1.82) is 0 Å². The molecule has 0 bridgehead atoms. The predicted octanol–water partition coefficient (Wildman–Crippen LogP) is 0.568. The van der Waals surface area contributed by atoms with Crippen LogP contribution in [0.5, 0.6) is 5.75 Å². The van der Waals surface area contributed by atoms with Crippen LogP contribution in [-0.2, 0) is 24.7 Å². The van der Waals surface area contributed by atoms with Gasteiger partial charge in [0.2, 0.25) is 0 Å². The number of primary amides is 1. The number of aromatic hydroxyl groups is 1. The maximum atomic E-state index is 13.3. The highest BCUT2D eigenvalue weighted by atomic mass is 35.5. The van der Waals surface area contributed by atoms with Gasteiger partial charge in [-0.25, -0.2) is 4.79 Å². The Labute approximate surface area is 193 Å². The number of halogens is 1. The van der Waals surface area contributed by atoms with Crippen molar-refractivity contribution in [2.75, 3.05) is 14.1 Å².